The summed E-state index contributed by atoms with van der Waals surface area (Å²) in [6, 6.07) is 0. The second-order valence-corrected chi connectivity index (χ2v) is 6.31. The van der Waals surface area contributed by atoms with Crippen LogP contribution in [0, 0.1) is 6.92 Å². The zero-order valence-corrected chi connectivity index (χ0v) is 13.3. The summed E-state index contributed by atoms with van der Waals surface area (Å²) in [5.74, 6) is 0. The summed E-state index contributed by atoms with van der Waals surface area (Å²) >= 11 is 0. The lowest BCUT2D eigenvalue weighted by Crippen LogP contribution is -2.23. The van der Waals surface area contributed by atoms with Crippen LogP contribution in [0.3, 0.4) is 0 Å². The van der Waals surface area contributed by atoms with Gasteiger partial charge in [-0.15, -0.1) is 0 Å². The third-order valence-electron chi connectivity index (χ3n) is 4.37. The summed E-state index contributed by atoms with van der Waals surface area (Å²) in [5.41, 5.74) is 0. The van der Waals surface area contributed by atoms with E-state index >= 15 is 0 Å². The van der Waals surface area contributed by atoms with E-state index in [2.05, 4.69) is 6.92 Å². The topological polar surface area (TPSA) is 29.1 Å². The lowest BCUT2D eigenvalue weighted by atomic mass is 9.95. The van der Waals surface area contributed by atoms with Crippen LogP contribution >= 0.6 is 0 Å². The molecule has 0 N–H and O–H groups in total. The molecule has 118 valence electrons. The molecular weight excluding hydrogens is 248 g/mol. The molecule has 0 amide bonds. The van der Waals surface area contributed by atoms with Gasteiger partial charge >= 0.3 is 0 Å². The molecule has 0 aromatic carbocycles. The molecule has 0 bridgehead atoms. The minimum Gasteiger partial charge on any atom is -0.378 e. The van der Waals surface area contributed by atoms with Crippen LogP contribution in [0.4, 0.5) is 0 Å². The van der Waals surface area contributed by atoms with Gasteiger partial charge in [-0.25, -0.2) is 5.11 Å². The highest BCUT2D eigenvalue weighted by Gasteiger charge is 2.20. The van der Waals surface area contributed by atoms with Crippen LogP contribution in [0.25, 0.3) is 0 Å². The minimum atomic E-state index is -0.316. The molecule has 1 aliphatic carbocycles. The molecule has 2 radical (unpaired) electrons. The normalized spacial score (nSPS) is 23.1. The van der Waals surface area contributed by atoms with E-state index in [0.29, 0.717) is 6.10 Å². The van der Waals surface area contributed by atoms with Gasteiger partial charge < -0.3 is 4.74 Å². The fourth-order valence-corrected chi connectivity index (χ4v) is 2.97. The van der Waals surface area contributed by atoms with Crippen LogP contribution in [0.5, 0.6) is 0 Å². The summed E-state index contributed by atoms with van der Waals surface area (Å²) in [6.07, 6.45) is 16.8. The predicted octanol–water partition coefficient (Wildman–Crippen LogP) is 5.48. The Bertz CT molecular complexity index is 198. The number of hydrogen-bond donors (Lipinski definition) is 0. The molecule has 1 rings (SSSR count). The summed E-state index contributed by atoms with van der Waals surface area (Å²) in [6.45, 7) is 4.77. The van der Waals surface area contributed by atoms with Crippen molar-refractivity contribution >= 4 is 0 Å². The largest absolute Gasteiger partial charge is 0.378 e. The van der Waals surface area contributed by atoms with Gasteiger partial charge in [0.25, 0.3) is 0 Å². The van der Waals surface area contributed by atoms with Crippen LogP contribution in [-0.4, -0.2) is 18.8 Å². The van der Waals surface area contributed by atoms with E-state index in [0.717, 1.165) is 38.7 Å². The van der Waals surface area contributed by atoms with E-state index in [1.54, 1.807) is 0 Å². The van der Waals surface area contributed by atoms with E-state index < -0.39 is 0 Å². The Labute approximate surface area is 126 Å². The molecule has 1 aliphatic rings. The molecule has 2 heteroatoms. The van der Waals surface area contributed by atoms with Gasteiger partial charge in [0.2, 0.25) is 0 Å². The van der Waals surface area contributed by atoms with E-state index in [1.165, 1.54) is 57.8 Å². The predicted molar refractivity (Wildman–Crippen MR) is 84.2 cm³/mol. The zero-order valence-electron chi connectivity index (χ0n) is 13.3. The quantitative estimate of drug-likeness (QED) is 0.436. The first kappa shape index (κ1) is 18.0. The van der Waals surface area contributed by atoms with Crippen LogP contribution in [0.2, 0.25) is 0 Å². The second-order valence-electron chi connectivity index (χ2n) is 6.31. The Morgan fingerprint density at radius 1 is 0.750 bits per heavy atom. The Hall–Kier alpha value is -0.0800. The highest BCUT2D eigenvalue weighted by Crippen LogP contribution is 2.21. The number of ether oxygens (including phenoxy) is 1. The van der Waals surface area contributed by atoms with Gasteiger partial charge in [-0.3, -0.25) is 0 Å². The average Bonchev–Trinajstić information content (AvgIpc) is 2.47. The van der Waals surface area contributed by atoms with Crippen molar-refractivity contribution in [2.45, 2.75) is 102 Å². The van der Waals surface area contributed by atoms with E-state index in [-0.39, 0.29) is 6.10 Å². The lowest BCUT2D eigenvalue weighted by molar-refractivity contribution is -0.0244. The molecule has 0 aromatic heterocycles. The summed E-state index contributed by atoms with van der Waals surface area (Å²) in [5, 5.41) is 11.2. The average molecular weight is 282 g/mol. The van der Waals surface area contributed by atoms with Crippen molar-refractivity contribution in [2.75, 3.05) is 6.61 Å². The Morgan fingerprint density at radius 3 is 1.80 bits per heavy atom. The first-order chi connectivity index (χ1) is 9.83. The highest BCUT2D eigenvalue weighted by atomic mass is 16.5. The lowest BCUT2D eigenvalue weighted by Gasteiger charge is -2.24. The molecule has 0 saturated heterocycles. The van der Waals surface area contributed by atoms with E-state index in [9.17, 15) is 5.11 Å². The Kier molecular flexibility index (Phi) is 11.4. The number of unbranched alkanes of at least 4 members (excludes halogenated alkanes) is 9. The van der Waals surface area contributed by atoms with Gasteiger partial charge in [0, 0.05) is 6.61 Å². The Morgan fingerprint density at radius 2 is 1.25 bits per heavy atom. The molecule has 20 heavy (non-hydrogen) atoms. The molecule has 0 spiro atoms. The van der Waals surface area contributed by atoms with E-state index in [1.807, 2.05) is 0 Å². The molecule has 0 heterocycles. The molecule has 0 unspecified atom stereocenters. The number of hydrogen-bond acceptors (Lipinski definition) is 1. The fourth-order valence-electron chi connectivity index (χ4n) is 2.97. The maximum atomic E-state index is 11.2. The SMILES string of the molecule is [CH2]CCCCCCCCCCCOC1CCC([O])CC1. The first-order valence-corrected chi connectivity index (χ1v) is 8.89. The van der Waals surface area contributed by atoms with Gasteiger partial charge in [0.15, 0.2) is 0 Å². The van der Waals surface area contributed by atoms with Gasteiger partial charge in [-0.1, -0.05) is 64.7 Å². The van der Waals surface area contributed by atoms with Gasteiger partial charge in [0.1, 0.15) is 0 Å². The second kappa shape index (κ2) is 12.6. The maximum Gasteiger partial charge on any atom is 0.0932 e. The molecule has 0 aromatic rings. The molecule has 0 atom stereocenters. The summed E-state index contributed by atoms with van der Waals surface area (Å²) in [7, 11) is 0. The molecule has 1 fully saturated rings. The minimum absolute atomic E-state index is 0.316. The molecular formula is C18H34O2. The van der Waals surface area contributed by atoms with Crippen LogP contribution in [-0.2, 0) is 9.84 Å². The van der Waals surface area contributed by atoms with Crippen molar-refractivity contribution in [3.63, 3.8) is 0 Å². The molecule has 2 nitrogen and oxygen atoms in total. The number of rotatable bonds is 12. The summed E-state index contributed by atoms with van der Waals surface area (Å²) in [4.78, 5) is 0. The van der Waals surface area contributed by atoms with Crippen molar-refractivity contribution in [1.29, 1.82) is 0 Å². The molecule has 1 saturated carbocycles. The Balaban J connectivity index is 1.74. The van der Waals surface area contributed by atoms with Crippen LogP contribution in [0.15, 0.2) is 0 Å². The van der Waals surface area contributed by atoms with Crippen LogP contribution in [0.1, 0.15) is 89.9 Å². The third-order valence-corrected chi connectivity index (χ3v) is 4.37. The monoisotopic (exact) mass is 282 g/mol. The van der Waals surface area contributed by atoms with Gasteiger partial charge in [0.05, 0.1) is 12.2 Å². The smallest absolute Gasteiger partial charge is 0.0932 e. The van der Waals surface area contributed by atoms with Crippen molar-refractivity contribution in [3.8, 4) is 0 Å². The highest BCUT2D eigenvalue weighted by molar-refractivity contribution is 4.71. The van der Waals surface area contributed by atoms with Gasteiger partial charge in [-0.2, -0.15) is 0 Å². The fraction of sp³-hybridized carbons (Fsp3) is 0.944. The summed E-state index contributed by atoms with van der Waals surface area (Å²) < 4.78 is 5.86. The van der Waals surface area contributed by atoms with Crippen molar-refractivity contribution in [1.82, 2.24) is 0 Å². The standard InChI is InChI=1S/C18H34O2/c1-2-3-4-5-6-7-8-9-10-11-16-20-18-14-12-17(19)13-15-18/h17-18H,1-16H2. The van der Waals surface area contributed by atoms with E-state index in [4.69, 9.17) is 4.74 Å². The van der Waals surface area contributed by atoms with Crippen molar-refractivity contribution < 1.29 is 9.84 Å². The maximum absolute atomic E-state index is 11.2. The van der Waals surface area contributed by atoms with Crippen molar-refractivity contribution in [3.05, 3.63) is 6.92 Å². The first-order valence-electron chi connectivity index (χ1n) is 8.89. The zero-order chi connectivity index (χ0) is 14.5. The molecule has 0 aliphatic heterocycles. The third kappa shape index (κ3) is 9.77. The van der Waals surface area contributed by atoms with Gasteiger partial charge in [-0.05, 0) is 32.1 Å². The van der Waals surface area contributed by atoms with Crippen LogP contribution < -0.4 is 0 Å². The van der Waals surface area contributed by atoms with Crippen molar-refractivity contribution in [2.24, 2.45) is 0 Å².